The van der Waals surface area contributed by atoms with Gasteiger partial charge in [0.25, 0.3) is 5.91 Å². The van der Waals surface area contributed by atoms with Gasteiger partial charge in [-0.15, -0.1) is 0 Å². The maximum atomic E-state index is 12.4. The van der Waals surface area contributed by atoms with E-state index in [2.05, 4.69) is 15.8 Å². The first kappa shape index (κ1) is 24.3. The van der Waals surface area contributed by atoms with E-state index in [1.54, 1.807) is 43.3 Å². The molecule has 0 saturated carbocycles. The number of carbonyl (C=O) groups is 3. The molecule has 3 aromatic rings. The highest BCUT2D eigenvalue weighted by atomic mass is 16.5. The van der Waals surface area contributed by atoms with Gasteiger partial charge in [0.15, 0.2) is 6.61 Å². The van der Waals surface area contributed by atoms with Crippen LogP contribution in [0.1, 0.15) is 34.3 Å². The molecule has 0 radical (unpaired) electrons. The van der Waals surface area contributed by atoms with E-state index in [0.29, 0.717) is 28.6 Å². The normalized spacial score (nSPS) is 10.4. The summed E-state index contributed by atoms with van der Waals surface area (Å²) in [6.45, 7) is 4.71. The van der Waals surface area contributed by atoms with Crippen molar-refractivity contribution in [3.05, 3.63) is 65.0 Å². The Labute approximate surface area is 196 Å². The molecule has 1 aromatic heterocycles. The molecule has 2 aromatic carbocycles. The quantitative estimate of drug-likeness (QED) is 0.457. The van der Waals surface area contributed by atoms with Crippen LogP contribution < -0.4 is 20.1 Å². The van der Waals surface area contributed by atoms with E-state index in [-0.39, 0.29) is 18.1 Å². The minimum Gasteiger partial charge on any atom is -0.495 e. The van der Waals surface area contributed by atoms with Crippen LogP contribution in [0.4, 0.5) is 11.4 Å². The van der Waals surface area contributed by atoms with E-state index in [9.17, 15) is 14.4 Å². The van der Waals surface area contributed by atoms with Crippen molar-refractivity contribution < 1.29 is 33.1 Å². The van der Waals surface area contributed by atoms with Crippen LogP contribution >= 0.6 is 0 Å². The summed E-state index contributed by atoms with van der Waals surface area (Å²) in [4.78, 5) is 36.0. The first-order chi connectivity index (χ1) is 16.3. The summed E-state index contributed by atoms with van der Waals surface area (Å²) in [5, 5.41) is 9.11. The average Bonchev–Trinajstić information content (AvgIpc) is 3.13. The number of aromatic nitrogens is 1. The number of anilines is 2. The predicted octanol–water partition coefficient (Wildman–Crippen LogP) is 3.63. The fourth-order valence-corrected chi connectivity index (χ4v) is 3.06. The molecular weight excluding hydrogens is 442 g/mol. The number of esters is 1. The Bertz CT molecular complexity index is 1180. The second-order valence-electron chi connectivity index (χ2n) is 7.34. The predicted molar refractivity (Wildman–Crippen MR) is 123 cm³/mol. The van der Waals surface area contributed by atoms with Crippen LogP contribution in [0.25, 0.3) is 0 Å². The SMILES string of the molecule is COc1ccc(NC(C)=O)cc1NC(=O)COC(=O)c1cccc(OCc2c(C)noc2C)c1. The number of ether oxygens (including phenoxy) is 3. The van der Waals surface area contributed by atoms with E-state index >= 15 is 0 Å². The molecule has 0 spiro atoms. The van der Waals surface area contributed by atoms with Gasteiger partial charge < -0.3 is 29.4 Å². The van der Waals surface area contributed by atoms with Crippen molar-refractivity contribution >= 4 is 29.2 Å². The Balaban J connectivity index is 1.58. The lowest BCUT2D eigenvalue weighted by Crippen LogP contribution is -2.21. The van der Waals surface area contributed by atoms with Gasteiger partial charge in [-0.1, -0.05) is 11.2 Å². The molecule has 2 N–H and O–H groups in total. The summed E-state index contributed by atoms with van der Waals surface area (Å²) < 4.78 is 21.2. The molecule has 1 heterocycles. The van der Waals surface area contributed by atoms with Crippen LogP contribution in [-0.2, 0) is 20.9 Å². The number of amides is 2. The number of methoxy groups -OCH3 is 1. The second kappa shape index (κ2) is 11.0. The van der Waals surface area contributed by atoms with Gasteiger partial charge in [-0.05, 0) is 50.2 Å². The van der Waals surface area contributed by atoms with Crippen LogP contribution in [0, 0.1) is 13.8 Å². The number of benzene rings is 2. The molecule has 0 atom stereocenters. The topological polar surface area (TPSA) is 129 Å². The van der Waals surface area contributed by atoms with Gasteiger partial charge in [-0.25, -0.2) is 4.79 Å². The molecule has 0 saturated heterocycles. The molecule has 0 unspecified atom stereocenters. The molecule has 2 amide bonds. The summed E-state index contributed by atoms with van der Waals surface area (Å²) in [5.74, 6) is -0.00251. The molecular formula is C24H25N3O7. The van der Waals surface area contributed by atoms with Crippen LogP contribution in [0.5, 0.6) is 11.5 Å². The van der Waals surface area contributed by atoms with Crippen LogP contribution in [0.2, 0.25) is 0 Å². The Hall–Kier alpha value is -4.34. The minimum absolute atomic E-state index is 0.231. The molecule has 178 valence electrons. The molecule has 34 heavy (non-hydrogen) atoms. The van der Waals surface area contributed by atoms with E-state index in [1.165, 1.54) is 20.1 Å². The van der Waals surface area contributed by atoms with Gasteiger partial charge in [-0.2, -0.15) is 0 Å². The summed E-state index contributed by atoms with van der Waals surface area (Å²) in [6.07, 6.45) is 0. The lowest BCUT2D eigenvalue weighted by atomic mass is 10.2. The molecule has 0 aliphatic rings. The summed E-state index contributed by atoms with van der Waals surface area (Å²) in [5.41, 5.74) is 2.61. The molecule has 10 heteroatoms. The summed E-state index contributed by atoms with van der Waals surface area (Å²) in [6, 6.07) is 11.2. The molecule has 0 aliphatic heterocycles. The van der Waals surface area contributed by atoms with Gasteiger partial charge in [0, 0.05) is 12.6 Å². The molecule has 0 bridgehead atoms. The maximum absolute atomic E-state index is 12.4. The maximum Gasteiger partial charge on any atom is 0.338 e. The monoisotopic (exact) mass is 467 g/mol. The molecule has 10 nitrogen and oxygen atoms in total. The van der Waals surface area contributed by atoms with Gasteiger partial charge in [0.05, 0.1) is 29.6 Å². The fourth-order valence-electron chi connectivity index (χ4n) is 3.06. The van der Waals surface area contributed by atoms with E-state index in [4.69, 9.17) is 18.7 Å². The van der Waals surface area contributed by atoms with Gasteiger partial charge in [0.2, 0.25) is 5.91 Å². The zero-order chi connectivity index (χ0) is 24.7. The third-order valence-electron chi connectivity index (χ3n) is 4.76. The lowest BCUT2D eigenvalue weighted by Gasteiger charge is -2.13. The summed E-state index contributed by atoms with van der Waals surface area (Å²) in [7, 11) is 1.45. The van der Waals surface area contributed by atoms with Crippen LogP contribution in [0.15, 0.2) is 47.0 Å². The number of nitrogens with one attached hydrogen (secondary N) is 2. The van der Waals surface area contributed by atoms with Crippen molar-refractivity contribution in [1.29, 1.82) is 0 Å². The number of hydrogen-bond acceptors (Lipinski definition) is 8. The second-order valence-corrected chi connectivity index (χ2v) is 7.34. The molecule has 0 fully saturated rings. The third kappa shape index (κ3) is 6.35. The highest BCUT2D eigenvalue weighted by Crippen LogP contribution is 2.28. The van der Waals surface area contributed by atoms with Crippen molar-refractivity contribution in [2.75, 3.05) is 24.4 Å². The van der Waals surface area contributed by atoms with E-state index < -0.39 is 18.5 Å². The Morgan fingerprint density at radius 2 is 1.85 bits per heavy atom. The number of nitrogens with zero attached hydrogens (tertiary/aromatic N) is 1. The highest BCUT2D eigenvalue weighted by molar-refractivity contribution is 5.97. The number of hydrogen-bond donors (Lipinski definition) is 2. The Morgan fingerprint density at radius 3 is 2.53 bits per heavy atom. The smallest absolute Gasteiger partial charge is 0.338 e. The van der Waals surface area contributed by atoms with Crippen LogP contribution in [-0.4, -0.2) is 36.7 Å². The molecule has 3 rings (SSSR count). The van der Waals surface area contributed by atoms with Gasteiger partial charge >= 0.3 is 5.97 Å². The van der Waals surface area contributed by atoms with Gasteiger partial charge in [0.1, 0.15) is 23.9 Å². The van der Waals surface area contributed by atoms with E-state index in [1.807, 2.05) is 6.92 Å². The largest absolute Gasteiger partial charge is 0.495 e. The van der Waals surface area contributed by atoms with Crippen molar-refractivity contribution in [3.8, 4) is 11.5 Å². The summed E-state index contributed by atoms with van der Waals surface area (Å²) >= 11 is 0. The number of carbonyl (C=O) groups excluding carboxylic acids is 3. The first-order valence-corrected chi connectivity index (χ1v) is 10.3. The average molecular weight is 467 g/mol. The van der Waals surface area contributed by atoms with E-state index in [0.717, 1.165) is 11.3 Å². The number of rotatable bonds is 9. The number of aryl methyl sites for hydroxylation is 2. The first-order valence-electron chi connectivity index (χ1n) is 10.3. The zero-order valence-corrected chi connectivity index (χ0v) is 19.3. The minimum atomic E-state index is -0.683. The van der Waals surface area contributed by atoms with Crippen molar-refractivity contribution in [3.63, 3.8) is 0 Å². The van der Waals surface area contributed by atoms with Crippen molar-refractivity contribution in [2.24, 2.45) is 0 Å². The van der Waals surface area contributed by atoms with Crippen molar-refractivity contribution in [2.45, 2.75) is 27.4 Å². The molecule has 0 aliphatic carbocycles. The lowest BCUT2D eigenvalue weighted by molar-refractivity contribution is -0.119. The standard InChI is InChI=1S/C24H25N3O7/c1-14-20(15(2)34-27-14)12-32-19-7-5-6-17(10-19)24(30)33-13-23(29)26-21-11-18(25-16(3)28)8-9-22(21)31-4/h5-11H,12-13H2,1-4H3,(H,25,28)(H,26,29). The fraction of sp³-hybridized carbons (Fsp3) is 0.250. The highest BCUT2D eigenvalue weighted by Gasteiger charge is 2.15. The third-order valence-corrected chi connectivity index (χ3v) is 4.76. The van der Waals surface area contributed by atoms with Gasteiger partial charge in [-0.3, -0.25) is 9.59 Å². The Kier molecular flexibility index (Phi) is 7.86. The van der Waals surface area contributed by atoms with Crippen LogP contribution in [0.3, 0.4) is 0 Å². The van der Waals surface area contributed by atoms with Crippen molar-refractivity contribution in [1.82, 2.24) is 5.16 Å². The Morgan fingerprint density at radius 1 is 1.06 bits per heavy atom. The zero-order valence-electron chi connectivity index (χ0n) is 19.3.